The van der Waals surface area contributed by atoms with E-state index in [9.17, 15) is 9.59 Å². The fraction of sp³-hybridized carbons (Fsp3) is 0.130. The van der Waals surface area contributed by atoms with Crippen molar-refractivity contribution in [3.63, 3.8) is 0 Å². The molecule has 0 aliphatic carbocycles. The van der Waals surface area contributed by atoms with E-state index in [0.717, 1.165) is 5.76 Å². The number of carbonyl (C=O) groups is 2. The molecule has 3 aromatic rings. The first-order valence-electron chi connectivity index (χ1n) is 9.42. The summed E-state index contributed by atoms with van der Waals surface area (Å²) < 4.78 is 11.0. The average molecular weight is 423 g/mol. The second-order valence-electron chi connectivity index (χ2n) is 6.96. The molecule has 1 aliphatic heterocycles. The molecule has 152 valence electrons. The molecule has 2 aromatic carbocycles. The van der Waals surface area contributed by atoms with Gasteiger partial charge >= 0.3 is 0 Å². The number of furan rings is 1. The van der Waals surface area contributed by atoms with E-state index >= 15 is 0 Å². The Hall–Kier alpha value is -3.51. The van der Waals surface area contributed by atoms with Crippen LogP contribution in [0.3, 0.4) is 0 Å². The van der Waals surface area contributed by atoms with E-state index in [4.69, 9.17) is 20.8 Å². The Morgan fingerprint density at radius 2 is 2.03 bits per heavy atom. The summed E-state index contributed by atoms with van der Waals surface area (Å²) in [6.07, 6.45) is 3.77. The van der Waals surface area contributed by atoms with Gasteiger partial charge < -0.3 is 19.8 Å². The zero-order chi connectivity index (χ0) is 21.1. The third kappa shape index (κ3) is 4.39. The highest BCUT2D eigenvalue weighted by Crippen LogP contribution is 2.33. The van der Waals surface area contributed by atoms with Gasteiger partial charge in [0.15, 0.2) is 11.5 Å². The van der Waals surface area contributed by atoms with Gasteiger partial charge in [-0.15, -0.1) is 0 Å². The van der Waals surface area contributed by atoms with Crippen LogP contribution in [0.4, 0.5) is 5.69 Å². The van der Waals surface area contributed by atoms with Crippen LogP contribution >= 0.6 is 11.6 Å². The number of amides is 2. The normalized spacial score (nSPS) is 15.1. The predicted molar refractivity (Wildman–Crippen MR) is 114 cm³/mol. The fourth-order valence-corrected chi connectivity index (χ4v) is 3.31. The van der Waals surface area contributed by atoms with Crippen molar-refractivity contribution in [2.24, 2.45) is 0 Å². The molecule has 0 saturated carbocycles. The highest BCUT2D eigenvalue weighted by molar-refractivity contribution is 6.32. The molecule has 1 atom stereocenters. The number of anilines is 1. The van der Waals surface area contributed by atoms with E-state index in [1.165, 1.54) is 0 Å². The van der Waals surface area contributed by atoms with Crippen LogP contribution in [0, 0.1) is 0 Å². The number of carbonyl (C=O) groups excluding carboxylic acids is 2. The van der Waals surface area contributed by atoms with E-state index in [2.05, 4.69) is 10.6 Å². The monoisotopic (exact) mass is 422 g/mol. The number of halogens is 1. The van der Waals surface area contributed by atoms with Crippen LogP contribution in [-0.4, -0.2) is 17.9 Å². The topological polar surface area (TPSA) is 80.6 Å². The quantitative estimate of drug-likeness (QED) is 0.586. The lowest BCUT2D eigenvalue weighted by Crippen LogP contribution is -2.34. The number of nitrogens with one attached hydrogen (secondary N) is 2. The van der Waals surface area contributed by atoms with E-state index < -0.39 is 5.91 Å². The van der Waals surface area contributed by atoms with E-state index in [1.54, 1.807) is 42.7 Å². The van der Waals surface area contributed by atoms with Gasteiger partial charge in [0, 0.05) is 23.0 Å². The molecule has 0 spiro atoms. The van der Waals surface area contributed by atoms with Gasteiger partial charge in [-0.2, -0.15) is 0 Å². The van der Waals surface area contributed by atoms with Gasteiger partial charge in [0.05, 0.1) is 12.0 Å². The van der Waals surface area contributed by atoms with E-state index in [0.29, 0.717) is 34.0 Å². The first-order chi connectivity index (χ1) is 14.5. The average Bonchev–Trinajstić information content (AvgIpc) is 3.22. The number of benzene rings is 2. The highest BCUT2D eigenvalue weighted by atomic mass is 35.5. The number of hydrogen-bond acceptors (Lipinski definition) is 4. The van der Waals surface area contributed by atoms with Crippen molar-refractivity contribution in [2.45, 2.75) is 19.4 Å². The zero-order valence-corrected chi connectivity index (χ0v) is 16.9. The molecular weight excluding hydrogens is 404 g/mol. The van der Waals surface area contributed by atoms with Crippen molar-refractivity contribution >= 4 is 35.2 Å². The van der Waals surface area contributed by atoms with Gasteiger partial charge in [-0.25, -0.2) is 0 Å². The summed E-state index contributed by atoms with van der Waals surface area (Å²) in [4.78, 5) is 25.0. The third-order valence-electron chi connectivity index (χ3n) is 4.59. The van der Waals surface area contributed by atoms with Crippen molar-refractivity contribution < 1.29 is 18.7 Å². The van der Waals surface area contributed by atoms with Crippen LogP contribution in [0.1, 0.15) is 28.6 Å². The third-order valence-corrected chi connectivity index (χ3v) is 4.93. The maximum Gasteiger partial charge on any atom is 0.291 e. The van der Waals surface area contributed by atoms with Crippen LogP contribution in [0.15, 0.2) is 71.0 Å². The molecule has 0 radical (unpaired) electrons. The zero-order valence-electron chi connectivity index (χ0n) is 16.1. The predicted octanol–water partition coefficient (Wildman–Crippen LogP) is 4.67. The minimum atomic E-state index is -0.411. The number of rotatable bonds is 5. The molecule has 4 rings (SSSR count). The summed E-state index contributed by atoms with van der Waals surface area (Å²) in [5.41, 5.74) is 1.53. The second-order valence-corrected chi connectivity index (χ2v) is 7.36. The Kier molecular flexibility index (Phi) is 5.59. The molecule has 0 fully saturated rings. The number of hydrogen-bond donors (Lipinski definition) is 2. The molecule has 6 nitrogen and oxygen atoms in total. The van der Waals surface area contributed by atoms with Crippen LogP contribution in [0.2, 0.25) is 5.02 Å². The lowest BCUT2D eigenvalue weighted by molar-refractivity contribution is -0.115. The Morgan fingerprint density at radius 1 is 1.20 bits per heavy atom. The summed E-state index contributed by atoms with van der Waals surface area (Å²) in [5, 5.41) is 6.20. The molecule has 0 saturated heterocycles. The SMILES string of the molecule is CC(Cc1ccco1)NC(=O)c1ccc2c(c1)NC(=O)C(=Cc1ccccc1Cl)O2. The molecule has 7 heteroatoms. The van der Waals surface area contributed by atoms with Gasteiger partial charge in [-0.3, -0.25) is 9.59 Å². The summed E-state index contributed by atoms with van der Waals surface area (Å²) >= 11 is 6.15. The summed E-state index contributed by atoms with van der Waals surface area (Å²) in [6.45, 7) is 1.90. The van der Waals surface area contributed by atoms with Crippen molar-refractivity contribution in [3.8, 4) is 5.75 Å². The molecule has 1 aromatic heterocycles. The van der Waals surface area contributed by atoms with Crippen LogP contribution in [0.5, 0.6) is 5.75 Å². The minimum Gasteiger partial charge on any atom is -0.469 e. The molecule has 0 bridgehead atoms. The maximum absolute atomic E-state index is 12.6. The van der Waals surface area contributed by atoms with Gasteiger partial charge in [0.1, 0.15) is 5.76 Å². The summed E-state index contributed by atoms with van der Waals surface area (Å²) in [7, 11) is 0. The van der Waals surface area contributed by atoms with Gasteiger partial charge in [-0.05, 0) is 55.0 Å². The van der Waals surface area contributed by atoms with Crippen molar-refractivity contribution in [1.82, 2.24) is 5.32 Å². The molecule has 30 heavy (non-hydrogen) atoms. The fourth-order valence-electron chi connectivity index (χ4n) is 3.12. The second kappa shape index (κ2) is 8.47. The van der Waals surface area contributed by atoms with Gasteiger partial charge in [-0.1, -0.05) is 29.8 Å². The highest BCUT2D eigenvalue weighted by Gasteiger charge is 2.24. The molecule has 2 N–H and O–H groups in total. The molecule has 1 unspecified atom stereocenters. The first-order valence-corrected chi connectivity index (χ1v) is 9.80. The van der Waals surface area contributed by atoms with Crippen LogP contribution < -0.4 is 15.4 Å². The minimum absolute atomic E-state index is 0.115. The van der Waals surface area contributed by atoms with Gasteiger partial charge in [0.2, 0.25) is 0 Å². The van der Waals surface area contributed by atoms with Crippen molar-refractivity contribution in [1.29, 1.82) is 0 Å². The number of ether oxygens (including phenoxy) is 1. The maximum atomic E-state index is 12.6. The van der Waals surface area contributed by atoms with E-state index in [-0.39, 0.29) is 17.7 Å². The Bertz CT molecular complexity index is 1120. The Labute approximate surface area is 178 Å². The van der Waals surface area contributed by atoms with Crippen LogP contribution in [0.25, 0.3) is 6.08 Å². The van der Waals surface area contributed by atoms with Crippen molar-refractivity contribution in [2.75, 3.05) is 5.32 Å². The smallest absolute Gasteiger partial charge is 0.291 e. The molecule has 1 aliphatic rings. The summed E-state index contributed by atoms with van der Waals surface area (Å²) in [6, 6.07) is 15.6. The van der Waals surface area contributed by atoms with E-state index in [1.807, 2.05) is 31.2 Å². The Morgan fingerprint density at radius 3 is 2.80 bits per heavy atom. The van der Waals surface area contributed by atoms with Crippen molar-refractivity contribution in [3.05, 3.63) is 88.5 Å². The summed E-state index contributed by atoms with van der Waals surface area (Å²) in [5.74, 6) is 0.717. The first kappa shape index (κ1) is 19.8. The Balaban J connectivity index is 1.48. The molecule has 2 heterocycles. The molecule has 2 amide bonds. The lowest BCUT2D eigenvalue weighted by Gasteiger charge is -2.21. The van der Waals surface area contributed by atoms with Crippen LogP contribution in [-0.2, 0) is 11.2 Å². The van der Waals surface area contributed by atoms with Gasteiger partial charge in [0.25, 0.3) is 11.8 Å². The lowest BCUT2D eigenvalue weighted by atomic mass is 10.1. The standard InChI is InChI=1S/C23H19ClN2O4/c1-14(11-17-6-4-10-29-17)25-22(27)16-8-9-20-19(12-16)26-23(28)21(30-20)13-15-5-2-3-7-18(15)24/h2-10,12-14H,11H2,1H3,(H,25,27)(H,26,28). The molecular formula is C23H19ClN2O4. The number of fused-ring (bicyclic) bond motifs is 1. The largest absolute Gasteiger partial charge is 0.469 e.